The molecular weight excluding hydrogens is 614 g/mol. The van der Waals surface area contributed by atoms with Gasteiger partial charge in [0.25, 0.3) is 5.91 Å². The van der Waals surface area contributed by atoms with Crippen LogP contribution in [-0.2, 0) is 21.5 Å². The van der Waals surface area contributed by atoms with E-state index < -0.39 is 21.5 Å². The molecule has 2 saturated heterocycles. The van der Waals surface area contributed by atoms with Crippen molar-refractivity contribution in [3.05, 3.63) is 53.1 Å². The third-order valence-electron chi connectivity index (χ3n) is 12.1. The molecule has 4 unspecified atom stereocenters. The summed E-state index contributed by atoms with van der Waals surface area (Å²) in [6.07, 6.45) is 10.3. The third-order valence-corrected chi connectivity index (χ3v) is 13.1. The number of nitrogens with zero attached hydrogens (tertiary/aromatic N) is 3. The Hall–Kier alpha value is -3.41. The minimum atomic E-state index is -3.96. The van der Waals surface area contributed by atoms with Crippen molar-refractivity contribution < 1.29 is 22.7 Å². The molecule has 47 heavy (non-hydrogen) atoms. The van der Waals surface area contributed by atoms with Gasteiger partial charge in [-0.25, -0.2) is 4.72 Å². The van der Waals surface area contributed by atoms with Crippen molar-refractivity contribution in [2.45, 2.75) is 101 Å². The molecule has 5 fully saturated rings. The molecule has 4 atom stereocenters. The number of hydrogen-bond acceptors (Lipinski definition) is 6. The van der Waals surface area contributed by atoms with Gasteiger partial charge in [0, 0.05) is 53.1 Å². The molecule has 6 aliphatic rings. The molecule has 1 aromatic heterocycles. The van der Waals surface area contributed by atoms with Gasteiger partial charge >= 0.3 is 10.2 Å². The fraction of sp³-hybridized carbons (Fsp3) is 0.556. The smallest absolute Gasteiger partial charge is 0.301 e. The van der Waals surface area contributed by atoms with Gasteiger partial charge in [0.05, 0.1) is 24.4 Å². The molecule has 11 heteroatoms. The van der Waals surface area contributed by atoms with E-state index in [-0.39, 0.29) is 30.1 Å². The quantitative estimate of drug-likeness (QED) is 0.376. The number of fused-ring (bicyclic) bond motifs is 9. The molecule has 3 aromatic rings. The highest BCUT2D eigenvalue weighted by Crippen LogP contribution is 2.67. The first-order valence-electron chi connectivity index (χ1n) is 17.4. The number of benzene rings is 2. The Labute approximate surface area is 276 Å². The van der Waals surface area contributed by atoms with Crippen LogP contribution in [0, 0.1) is 5.41 Å². The fourth-order valence-electron chi connectivity index (χ4n) is 9.54. The lowest BCUT2D eigenvalue weighted by atomic mass is 9.81. The van der Waals surface area contributed by atoms with Crippen LogP contribution in [0.4, 0.5) is 0 Å². The Morgan fingerprint density at radius 3 is 2.49 bits per heavy atom. The van der Waals surface area contributed by atoms with Crippen molar-refractivity contribution in [1.29, 1.82) is 0 Å². The van der Waals surface area contributed by atoms with Crippen LogP contribution in [-0.4, -0.2) is 73.6 Å². The normalized spacial score (nSPS) is 28.5. The van der Waals surface area contributed by atoms with E-state index in [1.807, 2.05) is 18.2 Å². The molecule has 0 spiro atoms. The molecule has 248 valence electrons. The van der Waals surface area contributed by atoms with Gasteiger partial charge in [-0.05, 0) is 99.4 Å². The van der Waals surface area contributed by atoms with Crippen molar-refractivity contribution in [2.75, 3.05) is 20.7 Å². The average molecular weight is 658 g/mol. The highest BCUT2D eigenvalue weighted by atomic mass is 32.2. The minimum absolute atomic E-state index is 0.0738. The number of hydrogen-bond donors (Lipinski definition) is 2. The molecule has 3 aliphatic heterocycles. The van der Waals surface area contributed by atoms with Gasteiger partial charge in [-0.1, -0.05) is 25.3 Å². The first-order chi connectivity index (χ1) is 22.7. The van der Waals surface area contributed by atoms with Crippen LogP contribution in [0.15, 0.2) is 36.4 Å². The van der Waals surface area contributed by atoms with Crippen LogP contribution in [0.1, 0.15) is 97.5 Å². The summed E-state index contributed by atoms with van der Waals surface area (Å²) in [4.78, 5) is 32.8. The third kappa shape index (κ3) is 4.67. The molecule has 2 aromatic carbocycles. The summed E-state index contributed by atoms with van der Waals surface area (Å²) in [5.74, 6) is 0.823. The lowest BCUT2D eigenvalue weighted by Crippen LogP contribution is -2.44. The number of carbonyl (C=O) groups excluding carboxylic acids is 2. The molecule has 3 saturated carbocycles. The Kier molecular flexibility index (Phi) is 6.66. The van der Waals surface area contributed by atoms with Gasteiger partial charge in [0.15, 0.2) is 0 Å². The number of aromatic nitrogens is 1. The largest absolute Gasteiger partial charge is 0.497 e. The lowest BCUT2D eigenvalue weighted by Gasteiger charge is -2.29. The zero-order valence-electron chi connectivity index (χ0n) is 27.1. The average Bonchev–Trinajstić information content (AvgIpc) is 3.93. The highest BCUT2D eigenvalue weighted by molar-refractivity contribution is 7.88. The van der Waals surface area contributed by atoms with E-state index in [0.29, 0.717) is 18.0 Å². The van der Waals surface area contributed by atoms with E-state index in [1.54, 1.807) is 13.2 Å². The summed E-state index contributed by atoms with van der Waals surface area (Å²) >= 11 is 0. The van der Waals surface area contributed by atoms with Gasteiger partial charge in [-0.2, -0.15) is 13.1 Å². The molecule has 3 aliphatic carbocycles. The van der Waals surface area contributed by atoms with E-state index >= 15 is 0 Å². The number of amides is 2. The summed E-state index contributed by atoms with van der Waals surface area (Å²) in [5, 5.41) is 1.09. The highest BCUT2D eigenvalue weighted by Gasteiger charge is 2.66. The number of likely N-dealkylation sites (N-methyl/N-ethyl adjacent to an activating group) is 1. The number of rotatable bonds is 7. The molecule has 4 heterocycles. The summed E-state index contributed by atoms with van der Waals surface area (Å²) in [6.45, 7) is 1.44. The van der Waals surface area contributed by atoms with Crippen molar-refractivity contribution in [3.8, 4) is 17.0 Å². The van der Waals surface area contributed by atoms with Crippen molar-refractivity contribution in [1.82, 2.24) is 23.8 Å². The van der Waals surface area contributed by atoms with Crippen molar-refractivity contribution in [3.63, 3.8) is 0 Å². The number of nitrogens with one attached hydrogen (secondary N) is 2. The summed E-state index contributed by atoms with van der Waals surface area (Å²) in [6, 6.07) is 12.1. The molecule has 2 bridgehead atoms. The second-order valence-corrected chi connectivity index (χ2v) is 16.4. The van der Waals surface area contributed by atoms with Crippen LogP contribution >= 0.6 is 0 Å². The maximum atomic E-state index is 14.9. The van der Waals surface area contributed by atoms with Crippen LogP contribution in [0.5, 0.6) is 5.75 Å². The SMILES string of the molecule is COc1ccc2c(c1)C1CC1(C(=O)N1C3CCC1N(C)C3)Cn1c-2c(C2CCCCC2)c2ccc(C(=O)NS(=O)(=O)NC3CC3)cc21. The first-order valence-corrected chi connectivity index (χ1v) is 18.9. The monoisotopic (exact) mass is 657 g/mol. The van der Waals surface area contributed by atoms with E-state index in [0.717, 1.165) is 79.4 Å². The number of methoxy groups -OCH3 is 1. The Balaban J connectivity index is 1.22. The fourth-order valence-corrected chi connectivity index (χ4v) is 10.6. The summed E-state index contributed by atoms with van der Waals surface area (Å²) in [5.41, 5.74) is 5.35. The molecule has 9 rings (SSSR count). The molecule has 2 N–H and O–H groups in total. The minimum Gasteiger partial charge on any atom is -0.497 e. The van der Waals surface area contributed by atoms with Gasteiger partial charge in [0.2, 0.25) is 5.91 Å². The van der Waals surface area contributed by atoms with Crippen molar-refractivity contribution in [2.24, 2.45) is 5.41 Å². The Morgan fingerprint density at radius 2 is 1.79 bits per heavy atom. The maximum absolute atomic E-state index is 14.9. The maximum Gasteiger partial charge on any atom is 0.301 e. The van der Waals surface area contributed by atoms with Crippen molar-refractivity contribution >= 4 is 32.9 Å². The molecule has 10 nitrogen and oxygen atoms in total. The zero-order chi connectivity index (χ0) is 32.2. The van der Waals surface area contributed by atoms with Gasteiger partial charge in [-0.3, -0.25) is 14.5 Å². The number of carbonyl (C=O) groups is 2. The number of likely N-dealkylation sites (tertiary alicyclic amines) is 1. The summed E-state index contributed by atoms with van der Waals surface area (Å²) < 4.78 is 38.2. The van der Waals surface area contributed by atoms with Crippen LogP contribution in [0.3, 0.4) is 0 Å². The van der Waals surface area contributed by atoms with Crippen LogP contribution < -0.4 is 14.2 Å². The Bertz CT molecular complexity index is 1930. The second kappa shape index (κ2) is 10.5. The van der Waals surface area contributed by atoms with E-state index in [2.05, 4.69) is 43.0 Å². The van der Waals surface area contributed by atoms with Crippen LogP contribution in [0.25, 0.3) is 22.2 Å². The van der Waals surface area contributed by atoms with Gasteiger partial charge in [-0.15, -0.1) is 0 Å². The molecule has 2 amide bonds. The van der Waals surface area contributed by atoms with E-state index in [9.17, 15) is 18.0 Å². The Morgan fingerprint density at radius 1 is 0.979 bits per heavy atom. The topological polar surface area (TPSA) is 113 Å². The zero-order valence-corrected chi connectivity index (χ0v) is 27.9. The van der Waals surface area contributed by atoms with E-state index in [1.165, 1.54) is 30.4 Å². The molecular formula is C36H43N5O5S. The number of ether oxygens (including phenoxy) is 1. The lowest BCUT2D eigenvalue weighted by molar-refractivity contribution is -0.140. The van der Waals surface area contributed by atoms with E-state index in [4.69, 9.17) is 4.74 Å². The molecule has 0 radical (unpaired) electrons. The van der Waals surface area contributed by atoms with Crippen LogP contribution in [0.2, 0.25) is 0 Å². The first kappa shape index (κ1) is 29.7. The predicted octanol–water partition coefficient (Wildman–Crippen LogP) is 4.84. The predicted molar refractivity (Wildman–Crippen MR) is 178 cm³/mol. The summed E-state index contributed by atoms with van der Waals surface area (Å²) in [7, 11) is -0.146. The standard InChI is InChI=1S/C36H43N5O5S/c1-39-19-24-11-15-31(39)41(24)35(43)36-18-29(36)28-17-25(46-2)12-14-26(28)33-32(21-6-4-3-5-7-21)27-13-8-22(16-30(27)40(33)20-36)34(42)38-47(44,45)37-23-9-10-23/h8,12-14,16-17,21,23-24,29,31,37H,3-7,9-11,15,18-20H2,1-2H3,(H,38,42). The van der Waals surface area contributed by atoms with Gasteiger partial charge in [0.1, 0.15) is 5.75 Å². The number of piperidine rings is 1. The van der Waals surface area contributed by atoms with Gasteiger partial charge < -0.3 is 14.2 Å². The second-order valence-electron chi connectivity index (χ2n) is 15.0.